The summed E-state index contributed by atoms with van der Waals surface area (Å²) in [5, 5.41) is 12.6. The Labute approximate surface area is 150 Å². The van der Waals surface area contributed by atoms with E-state index >= 15 is 0 Å². The summed E-state index contributed by atoms with van der Waals surface area (Å²) in [6.07, 6.45) is 20.5. The van der Waals surface area contributed by atoms with Gasteiger partial charge in [0.1, 0.15) is 0 Å². The summed E-state index contributed by atoms with van der Waals surface area (Å²) in [6, 6.07) is -0.186. The number of aliphatic hydroxyl groups is 1. The predicted molar refractivity (Wildman–Crippen MR) is 104 cm³/mol. The lowest BCUT2D eigenvalue weighted by atomic mass is 10.0. The molecule has 0 rings (SSSR count). The predicted octanol–water partition coefficient (Wildman–Crippen LogP) is 5.52. The van der Waals surface area contributed by atoms with Gasteiger partial charge in [-0.1, -0.05) is 83.3 Å². The van der Waals surface area contributed by atoms with Crippen LogP contribution in [0, 0.1) is 0 Å². The molecule has 0 heterocycles. The zero-order chi connectivity index (χ0) is 18.0. The van der Waals surface area contributed by atoms with Crippen molar-refractivity contribution in [3.63, 3.8) is 0 Å². The van der Waals surface area contributed by atoms with Crippen LogP contribution in [0.25, 0.3) is 0 Å². The lowest BCUT2D eigenvalue weighted by molar-refractivity contribution is -0.120. The molecule has 24 heavy (non-hydrogen) atoms. The van der Waals surface area contributed by atoms with E-state index in [9.17, 15) is 9.90 Å². The zero-order valence-electron chi connectivity index (χ0n) is 16.4. The van der Waals surface area contributed by atoms with E-state index in [1.807, 2.05) is 13.0 Å². The van der Waals surface area contributed by atoms with Crippen molar-refractivity contribution >= 4 is 5.91 Å². The number of allylic oxidation sites excluding steroid dienone is 1. The smallest absolute Gasteiger partial charge is 0.217 e. The third-order valence-electron chi connectivity index (χ3n) is 4.53. The van der Waals surface area contributed by atoms with Crippen molar-refractivity contribution in [3.05, 3.63) is 12.2 Å². The molecule has 1 amide bonds. The van der Waals surface area contributed by atoms with Crippen molar-refractivity contribution in [1.82, 2.24) is 5.32 Å². The van der Waals surface area contributed by atoms with E-state index in [-0.39, 0.29) is 11.9 Å². The van der Waals surface area contributed by atoms with Crippen molar-refractivity contribution in [2.24, 2.45) is 0 Å². The van der Waals surface area contributed by atoms with Gasteiger partial charge in [0.05, 0.1) is 12.1 Å². The van der Waals surface area contributed by atoms with Crippen LogP contribution in [0.1, 0.15) is 104 Å². The average molecular weight is 340 g/mol. The standard InChI is InChI=1S/C21H41NO2/c1-4-5-6-7-8-9-10-11-12-13-14-15-16-17-18-21(24)19(2)22-20(3)23/h16-17,19,21,24H,4-15,18H2,1-3H3,(H,22,23)/b17-16+/t19-,21+/m0/s1. The van der Waals surface area contributed by atoms with Gasteiger partial charge in [0.25, 0.3) is 0 Å². The van der Waals surface area contributed by atoms with Gasteiger partial charge in [-0.15, -0.1) is 0 Å². The van der Waals surface area contributed by atoms with Crippen LogP contribution < -0.4 is 5.32 Å². The highest BCUT2D eigenvalue weighted by atomic mass is 16.3. The Morgan fingerprint density at radius 3 is 1.92 bits per heavy atom. The molecule has 0 aliphatic heterocycles. The first kappa shape index (κ1) is 23.2. The number of carbonyl (C=O) groups excluding carboxylic acids is 1. The molecule has 0 unspecified atom stereocenters. The fourth-order valence-electron chi connectivity index (χ4n) is 2.90. The molecule has 2 atom stereocenters. The summed E-state index contributed by atoms with van der Waals surface area (Å²) in [7, 11) is 0. The monoisotopic (exact) mass is 339 g/mol. The SMILES string of the molecule is CCCCCCCCCCCCC/C=C/C[C@@H](O)[C@H](C)NC(C)=O. The molecule has 2 N–H and O–H groups in total. The largest absolute Gasteiger partial charge is 0.391 e. The van der Waals surface area contributed by atoms with Crippen molar-refractivity contribution in [2.75, 3.05) is 0 Å². The van der Waals surface area contributed by atoms with Crippen molar-refractivity contribution in [2.45, 2.75) is 116 Å². The van der Waals surface area contributed by atoms with Crippen molar-refractivity contribution in [3.8, 4) is 0 Å². The van der Waals surface area contributed by atoms with Gasteiger partial charge < -0.3 is 10.4 Å². The molecule has 0 saturated heterocycles. The Kier molecular flexibility index (Phi) is 16.4. The Bertz CT molecular complexity index is 315. The van der Waals surface area contributed by atoms with Gasteiger partial charge in [0, 0.05) is 6.92 Å². The molecule has 0 aromatic rings. The first-order chi connectivity index (χ1) is 11.6. The number of unbranched alkanes of at least 4 members (excludes halogenated alkanes) is 11. The van der Waals surface area contributed by atoms with E-state index in [2.05, 4.69) is 18.3 Å². The van der Waals surface area contributed by atoms with Gasteiger partial charge in [0.2, 0.25) is 5.91 Å². The van der Waals surface area contributed by atoms with Crippen LogP contribution in [0.4, 0.5) is 0 Å². The maximum Gasteiger partial charge on any atom is 0.217 e. The molecular formula is C21H41NO2. The van der Waals surface area contributed by atoms with E-state index < -0.39 is 6.10 Å². The van der Waals surface area contributed by atoms with Crippen LogP contribution in [-0.4, -0.2) is 23.2 Å². The molecular weight excluding hydrogens is 298 g/mol. The summed E-state index contributed by atoms with van der Waals surface area (Å²) >= 11 is 0. The van der Waals surface area contributed by atoms with Gasteiger partial charge in [0.15, 0.2) is 0 Å². The van der Waals surface area contributed by atoms with E-state index in [1.165, 1.54) is 77.6 Å². The number of aliphatic hydroxyl groups excluding tert-OH is 1. The fourth-order valence-corrected chi connectivity index (χ4v) is 2.90. The van der Waals surface area contributed by atoms with Crippen LogP contribution in [0.15, 0.2) is 12.2 Å². The molecule has 142 valence electrons. The molecule has 0 aromatic carbocycles. The summed E-state index contributed by atoms with van der Waals surface area (Å²) < 4.78 is 0. The number of hydrogen-bond acceptors (Lipinski definition) is 2. The second-order valence-corrected chi connectivity index (χ2v) is 7.09. The van der Waals surface area contributed by atoms with E-state index in [0.717, 1.165) is 6.42 Å². The average Bonchev–Trinajstić information content (AvgIpc) is 2.54. The topological polar surface area (TPSA) is 49.3 Å². The fraction of sp³-hybridized carbons (Fsp3) is 0.857. The molecule has 0 radical (unpaired) electrons. The molecule has 0 fully saturated rings. The normalized spacial score (nSPS) is 14.0. The third kappa shape index (κ3) is 16.0. The molecule has 0 aliphatic carbocycles. The van der Waals surface area contributed by atoms with E-state index in [0.29, 0.717) is 6.42 Å². The minimum atomic E-state index is -0.498. The van der Waals surface area contributed by atoms with Gasteiger partial charge in [-0.2, -0.15) is 0 Å². The maximum absolute atomic E-state index is 10.9. The van der Waals surface area contributed by atoms with Crippen molar-refractivity contribution in [1.29, 1.82) is 0 Å². The quantitative estimate of drug-likeness (QED) is 0.287. The van der Waals surface area contributed by atoms with Gasteiger partial charge in [-0.3, -0.25) is 4.79 Å². The minimum Gasteiger partial charge on any atom is -0.391 e. The lowest BCUT2D eigenvalue weighted by Crippen LogP contribution is -2.39. The zero-order valence-corrected chi connectivity index (χ0v) is 16.4. The van der Waals surface area contributed by atoms with Crippen LogP contribution in [0.3, 0.4) is 0 Å². The molecule has 0 aliphatic rings. The Morgan fingerprint density at radius 1 is 0.917 bits per heavy atom. The first-order valence-corrected chi connectivity index (χ1v) is 10.2. The Morgan fingerprint density at radius 2 is 1.42 bits per heavy atom. The third-order valence-corrected chi connectivity index (χ3v) is 4.53. The summed E-state index contributed by atoms with van der Waals surface area (Å²) in [5.74, 6) is -0.0912. The van der Waals surface area contributed by atoms with E-state index in [4.69, 9.17) is 0 Å². The second kappa shape index (κ2) is 17.0. The summed E-state index contributed by atoms with van der Waals surface area (Å²) in [4.78, 5) is 10.9. The van der Waals surface area contributed by atoms with Crippen LogP contribution in [0.5, 0.6) is 0 Å². The highest BCUT2D eigenvalue weighted by Gasteiger charge is 2.12. The van der Waals surface area contributed by atoms with Gasteiger partial charge in [-0.25, -0.2) is 0 Å². The maximum atomic E-state index is 10.9. The van der Waals surface area contributed by atoms with Crippen molar-refractivity contribution < 1.29 is 9.90 Å². The highest BCUT2D eigenvalue weighted by Crippen LogP contribution is 2.12. The molecule has 0 spiro atoms. The minimum absolute atomic E-state index is 0.0912. The number of hydrogen-bond donors (Lipinski definition) is 2. The molecule has 0 aromatic heterocycles. The first-order valence-electron chi connectivity index (χ1n) is 10.2. The number of rotatable bonds is 16. The second-order valence-electron chi connectivity index (χ2n) is 7.09. The molecule has 0 saturated carbocycles. The molecule has 0 bridgehead atoms. The number of carbonyl (C=O) groups is 1. The van der Waals surface area contributed by atoms with Gasteiger partial charge >= 0.3 is 0 Å². The lowest BCUT2D eigenvalue weighted by Gasteiger charge is -2.17. The molecule has 3 heteroatoms. The number of amides is 1. The van der Waals surface area contributed by atoms with Gasteiger partial charge in [-0.05, 0) is 26.2 Å². The Hall–Kier alpha value is -0.830. The van der Waals surface area contributed by atoms with E-state index in [1.54, 1.807) is 0 Å². The number of nitrogens with one attached hydrogen (secondary N) is 1. The summed E-state index contributed by atoms with van der Waals surface area (Å²) in [6.45, 7) is 5.58. The summed E-state index contributed by atoms with van der Waals surface area (Å²) in [5.41, 5.74) is 0. The van der Waals surface area contributed by atoms with Crippen LogP contribution in [-0.2, 0) is 4.79 Å². The van der Waals surface area contributed by atoms with Crippen LogP contribution in [0.2, 0.25) is 0 Å². The molecule has 3 nitrogen and oxygen atoms in total. The Balaban J connectivity index is 3.33. The van der Waals surface area contributed by atoms with Crippen LogP contribution >= 0.6 is 0 Å². The highest BCUT2D eigenvalue weighted by molar-refractivity contribution is 5.73.